The third kappa shape index (κ3) is 5.73. The molecule has 0 spiro atoms. The molecule has 0 amide bonds. The quantitative estimate of drug-likeness (QED) is 0.628. The summed E-state index contributed by atoms with van der Waals surface area (Å²) < 4.78 is 11.0. The summed E-state index contributed by atoms with van der Waals surface area (Å²) in [6, 6.07) is 8.27. The van der Waals surface area contributed by atoms with Gasteiger partial charge in [-0.05, 0) is 75.5 Å². The van der Waals surface area contributed by atoms with Crippen molar-refractivity contribution in [2.75, 3.05) is 64.4 Å². The lowest BCUT2D eigenvalue weighted by Gasteiger charge is -2.37. The van der Waals surface area contributed by atoms with E-state index in [1.54, 1.807) is 0 Å². The van der Waals surface area contributed by atoms with Crippen molar-refractivity contribution in [3.63, 3.8) is 0 Å². The number of piperazine rings is 1. The largest absolute Gasteiger partial charge is 0.492 e. The Balaban J connectivity index is 1.24. The highest BCUT2D eigenvalue weighted by molar-refractivity contribution is 5.80. The SMILES string of the molecule is COC(=O)C1(COc2ccc(N3CCN(CCC4CCNCC4)CC3)cc2)C=CC=CC1. The van der Waals surface area contributed by atoms with Crippen molar-refractivity contribution in [2.24, 2.45) is 11.3 Å². The second kappa shape index (κ2) is 11.0. The number of hydrogen-bond donors (Lipinski definition) is 1. The highest BCUT2D eigenvalue weighted by Crippen LogP contribution is 2.31. The molecule has 32 heavy (non-hydrogen) atoms. The van der Waals surface area contributed by atoms with Crippen LogP contribution < -0.4 is 15.0 Å². The van der Waals surface area contributed by atoms with Crippen LogP contribution in [0.1, 0.15) is 25.7 Å². The van der Waals surface area contributed by atoms with Gasteiger partial charge in [0.05, 0.1) is 7.11 Å². The molecule has 6 heteroatoms. The Morgan fingerprint density at radius 1 is 1.09 bits per heavy atom. The average molecular weight is 440 g/mol. The number of carbonyl (C=O) groups excluding carboxylic acids is 1. The lowest BCUT2D eigenvalue weighted by molar-refractivity contribution is -0.151. The molecular formula is C26H37N3O3. The molecule has 2 saturated heterocycles. The summed E-state index contributed by atoms with van der Waals surface area (Å²) >= 11 is 0. The summed E-state index contributed by atoms with van der Waals surface area (Å²) in [5, 5.41) is 3.46. The number of anilines is 1. The standard InChI is InChI=1S/C26H37N3O3/c1-31-25(30)26(12-3-2-4-13-26)21-32-24-7-5-23(6-8-24)29-19-17-28(18-20-29)16-11-22-9-14-27-15-10-22/h2-8,12,22,27H,9-11,13-21H2,1H3. The second-order valence-corrected chi connectivity index (χ2v) is 9.23. The molecule has 3 aliphatic rings. The van der Waals surface area contributed by atoms with Gasteiger partial charge in [0.25, 0.3) is 0 Å². The van der Waals surface area contributed by atoms with E-state index < -0.39 is 5.41 Å². The number of hydrogen-bond acceptors (Lipinski definition) is 6. The first-order chi connectivity index (χ1) is 15.7. The highest BCUT2D eigenvalue weighted by atomic mass is 16.5. The van der Waals surface area contributed by atoms with Gasteiger partial charge in [-0.15, -0.1) is 0 Å². The number of carbonyl (C=O) groups is 1. The predicted molar refractivity (Wildman–Crippen MR) is 128 cm³/mol. The zero-order chi connectivity index (χ0) is 22.2. The van der Waals surface area contributed by atoms with Gasteiger partial charge >= 0.3 is 5.97 Å². The molecule has 2 fully saturated rings. The fourth-order valence-corrected chi connectivity index (χ4v) is 4.92. The average Bonchev–Trinajstić information content (AvgIpc) is 2.87. The highest BCUT2D eigenvalue weighted by Gasteiger charge is 2.38. The van der Waals surface area contributed by atoms with E-state index in [4.69, 9.17) is 9.47 Å². The van der Waals surface area contributed by atoms with Crippen LogP contribution in [-0.4, -0.2) is 70.4 Å². The van der Waals surface area contributed by atoms with Crippen LogP contribution >= 0.6 is 0 Å². The van der Waals surface area contributed by atoms with E-state index in [2.05, 4.69) is 27.2 Å². The maximum Gasteiger partial charge on any atom is 0.319 e. The van der Waals surface area contributed by atoms with Crippen LogP contribution in [0.2, 0.25) is 0 Å². The Labute approximate surface area is 192 Å². The van der Waals surface area contributed by atoms with Gasteiger partial charge < -0.3 is 19.7 Å². The zero-order valence-electron chi connectivity index (χ0n) is 19.3. The number of ether oxygens (including phenoxy) is 2. The van der Waals surface area contributed by atoms with E-state index >= 15 is 0 Å². The van der Waals surface area contributed by atoms with Crippen LogP contribution in [0.3, 0.4) is 0 Å². The molecule has 0 bridgehead atoms. The number of allylic oxidation sites excluding steroid dienone is 3. The maximum atomic E-state index is 12.3. The number of methoxy groups -OCH3 is 1. The van der Waals surface area contributed by atoms with E-state index in [1.165, 1.54) is 51.7 Å². The predicted octanol–water partition coefficient (Wildman–Crippen LogP) is 3.25. The zero-order valence-corrected chi connectivity index (χ0v) is 19.3. The number of benzene rings is 1. The van der Waals surface area contributed by atoms with Crippen LogP contribution in [0.15, 0.2) is 48.6 Å². The molecule has 1 aliphatic carbocycles. The van der Waals surface area contributed by atoms with E-state index in [1.807, 2.05) is 36.4 Å². The third-order valence-electron chi connectivity index (χ3n) is 7.12. The molecule has 2 aliphatic heterocycles. The van der Waals surface area contributed by atoms with Gasteiger partial charge in [0.2, 0.25) is 0 Å². The Morgan fingerprint density at radius 3 is 2.50 bits per heavy atom. The summed E-state index contributed by atoms with van der Waals surface area (Å²) in [6.07, 6.45) is 12.3. The second-order valence-electron chi connectivity index (χ2n) is 9.23. The van der Waals surface area contributed by atoms with Crippen LogP contribution in [0.4, 0.5) is 5.69 Å². The molecule has 4 rings (SSSR count). The van der Waals surface area contributed by atoms with E-state index in [-0.39, 0.29) is 12.6 Å². The Kier molecular flexibility index (Phi) is 7.87. The summed E-state index contributed by atoms with van der Waals surface area (Å²) in [6.45, 7) is 8.27. The first-order valence-corrected chi connectivity index (χ1v) is 12.0. The smallest absolute Gasteiger partial charge is 0.319 e. The molecule has 2 heterocycles. The third-order valence-corrected chi connectivity index (χ3v) is 7.12. The van der Waals surface area contributed by atoms with Gasteiger partial charge in [0, 0.05) is 31.9 Å². The summed E-state index contributed by atoms with van der Waals surface area (Å²) in [5.74, 6) is 1.42. The summed E-state index contributed by atoms with van der Waals surface area (Å²) in [4.78, 5) is 17.4. The normalized spacial score (nSPS) is 24.5. The van der Waals surface area contributed by atoms with Crippen molar-refractivity contribution in [3.05, 3.63) is 48.6 Å². The van der Waals surface area contributed by atoms with Crippen molar-refractivity contribution in [2.45, 2.75) is 25.7 Å². The van der Waals surface area contributed by atoms with Gasteiger partial charge in [-0.3, -0.25) is 9.69 Å². The fraction of sp³-hybridized carbons (Fsp3) is 0.577. The van der Waals surface area contributed by atoms with Crippen LogP contribution in [0.5, 0.6) is 5.75 Å². The summed E-state index contributed by atoms with van der Waals surface area (Å²) in [5.41, 5.74) is 0.491. The molecule has 174 valence electrons. The number of piperidine rings is 1. The Bertz CT molecular complexity index is 793. The molecule has 1 aromatic carbocycles. The van der Waals surface area contributed by atoms with Gasteiger partial charge in [0.1, 0.15) is 17.8 Å². The van der Waals surface area contributed by atoms with Gasteiger partial charge in [-0.2, -0.15) is 0 Å². The molecular weight excluding hydrogens is 402 g/mol. The molecule has 1 atom stereocenters. The van der Waals surface area contributed by atoms with Gasteiger partial charge in [0.15, 0.2) is 0 Å². The van der Waals surface area contributed by atoms with Gasteiger partial charge in [-0.25, -0.2) is 0 Å². The van der Waals surface area contributed by atoms with Crippen molar-refractivity contribution in [1.29, 1.82) is 0 Å². The first-order valence-electron chi connectivity index (χ1n) is 12.0. The monoisotopic (exact) mass is 439 g/mol. The van der Waals surface area contributed by atoms with Crippen molar-refractivity contribution < 1.29 is 14.3 Å². The minimum absolute atomic E-state index is 0.257. The van der Waals surface area contributed by atoms with Gasteiger partial charge in [-0.1, -0.05) is 24.3 Å². The maximum absolute atomic E-state index is 12.3. The number of nitrogens with one attached hydrogen (secondary N) is 1. The summed E-state index contributed by atoms with van der Waals surface area (Å²) in [7, 11) is 1.43. The molecule has 0 radical (unpaired) electrons. The van der Waals surface area contributed by atoms with E-state index in [0.717, 1.165) is 37.8 Å². The number of nitrogens with zero attached hydrogens (tertiary/aromatic N) is 2. The Morgan fingerprint density at radius 2 is 1.84 bits per heavy atom. The topological polar surface area (TPSA) is 54.0 Å². The molecule has 6 nitrogen and oxygen atoms in total. The van der Waals surface area contributed by atoms with Crippen molar-refractivity contribution in [3.8, 4) is 5.75 Å². The minimum atomic E-state index is -0.743. The van der Waals surface area contributed by atoms with Crippen molar-refractivity contribution in [1.82, 2.24) is 10.2 Å². The molecule has 1 aromatic rings. The first kappa shape index (κ1) is 22.9. The van der Waals surface area contributed by atoms with Crippen molar-refractivity contribution >= 4 is 11.7 Å². The Hall–Kier alpha value is -2.31. The fourth-order valence-electron chi connectivity index (χ4n) is 4.92. The number of rotatable bonds is 8. The molecule has 1 unspecified atom stereocenters. The lowest BCUT2D eigenvalue weighted by atomic mass is 9.82. The minimum Gasteiger partial charge on any atom is -0.492 e. The molecule has 0 aromatic heterocycles. The molecule has 0 saturated carbocycles. The van der Waals surface area contributed by atoms with Crippen LogP contribution in [-0.2, 0) is 9.53 Å². The van der Waals surface area contributed by atoms with E-state index in [0.29, 0.717) is 6.42 Å². The van der Waals surface area contributed by atoms with Crippen LogP contribution in [0.25, 0.3) is 0 Å². The molecule has 1 N–H and O–H groups in total. The van der Waals surface area contributed by atoms with Crippen LogP contribution in [0, 0.1) is 11.3 Å². The lowest BCUT2D eigenvalue weighted by Crippen LogP contribution is -2.47. The number of esters is 1. The van der Waals surface area contributed by atoms with E-state index in [9.17, 15) is 4.79 Å².